The molecule has 1 N–H and O–H groups in total. The summed E-state index contributed by atoms with van der Waals surface area (Å²) in [7, 11) is 0. The van der Waals surface area contributed by atoms with E-state index in [0.717, 1.165) is 28.7 Å². The van der Waals surface area contributed by atoms with E-state index in [4.69, 9.17) is 0 Å². The van der Waals surface area contributed by atoms with Crippen LogP contribution >= 0.6 is 11.8 Å². The Balaban J connectivity index is 1.92. The van der Waals surface area contributed by atoms with Crippen LogP contribution in [0.4, 0.5) is 4.79 Å². The highest BCUT2D eigenvalue weighted by molar-refractivity contribution is 8.18. The van der Waals surface area contributed by atoms with Gasteiger partial charge in [0.05, 0.1) is 15.8 Å². The van der Waals surface area contributed by atoms with Gasteiger partial charge in [-0.3, -0.25) is 24.4 Å². The molecule has 0 radical (unpaired) electrons. The second-order valence-electron chi connectivity index (χ2n) is 6.28. The Morgan fingerprint density at radius 2 is 1.81 bits per heavy atom. The average Bonchev–Trinajstić information content (AvgIpc) is 3.07. The zero-order valence-electron chi connectivity index (χ0n) is 14.9. The fourth-order valence-corrected chi connectivity index (χ4v) is 3.94. The van der Waals surface area contributed by atoms with Crippen LogP contribution in [0, 0.1) is 20.8 Å². The molecule has 27 heavy (non-hydrogen) atoms. The largest absolute Gasteiger partial charge is 0.290 e. The lowest BCUT2D eigenvalue weighted by molar-refractivity contribution is -0.115. The summed E-state index contributed by atoms with van der Waals surface area (Å²) in [5, 5.41) is 2.39. The van der Waals surface area contributed by atoms with E-state index in [1.165, 1.54) is 4.68 Å². The van der Waals surface area contributed by atoms with E-state index in [2.05, 4.69) is 10.3 Å². The third-order valence-corrected chi connectivity index (χ3v) is 5.29. The lowest BCUT2D eigenvalue weighted by Crippen LogP contribution is -2.30. The third kappa shape index (κ3) is 2.78. The van der Waals surface area contributed by atoms with E-state index in [9.17, 15) is 14.4 Å². The molecule has 2 amide bonds. The van der Waals surface area contributed by atoms with Gasteiger partial charge >= 0.3 is 0 Å². The molecule has 0 spiro atoms. The molecule has 0 atom stereocenters. The number of imide groups is 1. The summed E-state index contributed by atoms with van der Waals surface area (Å²) in [5.41, 5.74) is 2.84. The van der Waals surface area contributed by atoms with Crippen LogP contribution < -0.4 is 10.9 Å². The number of hydrogen-bond donors (Lipinski definition) is 1. The van der Waals surface area contributed by atoms with Gasteiger partial charge in [0.2, 0.25) is 0 Å². The van der Waals surface area contributed by atoms with Crippen LogP contribution in [0.15, 0.2) is 40.0 Å². The molecule has 4 rings (SSSR count). The summed E-state index contributed by atoms with van der Waals surface area (Å²) in [6, 6.07) is 9.10. The number of thioether (sulfide) groups is 1. The first-order valence-corrected chi connectivity index (χ1v) is 9.11. The Bertz CT molecular complexity index is 1220. The summed E-state index contributed by atoms with van der Waals surface area (Å²) in [5.74, 6) is 0.151. The average molecular weight is 380 g/mol. The van der Waals surface area contributed by atoms with Crippen molar-refractivity contribution in [2.24, 2.45) is 0 Å². The van der Waals surface area contributed by atoms with Crippen molar-refractivity contribution in [2.75, 3.05) is 0 Å². The predicted octanol–water partition coefficient (Wildman–Crippen LogP) is 2.76. The van der Waals surface area contributed by atoms with E-state index in [0.29, 0.717) is 21.6 Å². The fourth-order valence-electron chi connectivity index (χ4n) is 3.26. The van der Waals surface area contributed by atoms with Crippen molar-refractivity contribution in [2.45, 2.75) is 20.8 Å². The summed E-state index contributed by atoms with van der Waals surface area (Å²) in [6.45, 7) is 5.52. The van der Waals surface area contributed by atoms with Crippen LogP contribution in [0.25, 0.3) is 17.0 Å². The molecule has 0 unspecified atom stereocenters. The minimum atomic E-state index is -0.407. The summed E-state index contributed by atoms with van der Waals surface area (Å²) in [6.07, 6.45) is 1.67. The highest BCUT2D eigenvalue weighted by atomic mass is 32.2. The van der Waals surface area contributed by atoms with Gasteiger partial charge in [-0.05, 0) is 62.4 Å². The maximum atomic E-state index is 13.1. The van der Waals surface area contributed by atoms with Crippen LogP contribution in [0.5, 0.6) is 0 Å². The first kappa shape index (κ1) is 17.3. The van der Waals surface area contributed by atoms with Gasteiger partial charge in [-0.1, -0.05) is 12.1 Å². The normalized spacial score (nSPS) is 15.7. The van der Waals surface area contributed by atoms with E-state index < -0.39 is 5.91 Å². The Morgan fingerprint density at radius 3 is 2.52 bits per heavy atom. The second-order valence-corrected chi connectivity index (χ2v) is 7.30. The third-order valence-electron chi connectivity index (χ3n) is 4.48. The molecule has 8 heteroatoms. The Kier molecular flexibility index (Phi) is 4.00. The summed E-state index contributed by atoms with van der Waals surface area (Å²) < 4.78 is 3.31. The fraction of sp³-hybridized carbons (Fsp3) is 0.158. The van der Waals surface area contributed by atoms with Gasteiger partial charge in [-0.25, -0.2) is 4.98 Å². The number of fused-ring (bicyclic) bond motifs is 1. The van der Waals surface area contributed by atoms with Gasteiger partial charge < -0.3 is 0 Å². The zero-order chi connectivity index (χ0) is 19.3. The van der Waals surface area contributed by atoms with Gasteiger partial charge in [0.15, 0.2) is 0 Å². The van der Waals surface area contributed by atoms with Crippen molar-refractivity contribution < 1.29 is 9.59 Å². The second kappa shape index (κ2) is 6.24. The quantitative estimate of drug-likeness (QED) is 0.691. The lowest BCUT2D eigenvalue weighted by Gasteiger charge is -2.16. The number of carbonyl (C=O) groups is 2. The number of aromatic nitrogens is 3. The number of rotatable bonds is 2. The van der Waals surface area contributed by atoms with E-state index in [1.54, 1.807) is 23.7 Å². The predicted molar refractivity (Wildman–Crippen MR) is 105 cm³/mol. The number of benzene rings is 1. The van der Waals surface area contributed by atoms with Crippen LogP contribution in [-0.4, -0.2) is 25.5 Å². The van der Waals surface area contributed by atoms with Crippen LogP contribution in [0.1, 0.15) is 22.8 Å². The molecule has 3 aromatic rings. The van der Waals surface area contributed by atoms with E-state index >= 15 is 0 Å². The van der Waals surface area contributed by atoms with Crippen molar-refractivity contribution in [3.8, 4) is 0 Å². The standard InChI is InChI=1S/C19H16N4O3S/c1-10-8-13(9-16-17(24)21-19(26)27-16)11(2)22(10)23-12(3)20-15-7-5-4-6-14(15)18(23)25/h4-9H,1-3H3,(H,21,24,26). The molecule has 1 fully saturated rings. The number of nitrogens with zero attached hydrogens (tertiary/aromatic N) is 3. The van der Waals surface area contributed by atoms with Gasteiger partial charge in [0.25, 0.3) is 16.7 Å². The molecule has 1 aliphatic rings. The molecule has 0 saturated carbocycles. The molecule has 0 bridgehead atoms. The first-order chi connectivity index (χ1) is 12.9. The zero-order valence-corrected chi connectivity index (χ0v) is 15.8. The van der Waals surface area contributed by atoms with Crippen molar-refractivity contribution in [3.05, 3.63) is 68.4 Å². The molecule has 2 aromatic heterocycles. The number of hydrogen-bond acceptors (Lipinski definition) is 5. The highest BCUT2D eigenvalue weighted by Crippen LogP contribution is 2.27. The molecule has 0 aliphatic carbocycles. The Hall–Kier alpha value is -3.13. The maximum absolute atomic E-state index is 13.1. The highest BCUT2D eigenvalue weighted by Gasteiger charge is 2.26. The molecule has 1 saturated heterocycles. The number of para-hydroxylation sites is 1. The van der Waals surface area contributed by atoms with Gasteiger partial charge in [-0.2, -0.15) is 4.68 Å². The van der Waals surface area contributed by atoms with Crippen LogP contribution in [0.2, 0.25) is 0 Å². The van der Waals surface area contributed by atoms with Crippen molar-refractivity contribution in [1.82, 2.24) is 19.7 Å². The molecule has 3 heterocycles. The SMILES string of the molecule is Cc1cc(C=C2SC(=O)NC2=O)c(C)n1-n1c(C)nc2ccccc2c1=O. The minimum absolute atomic E-state index is 0.165. The Labute approximate surface area is 158 Å². The minimum Gasteiger partial charge on any atom is -0.282 e. The van der Waals surface area contributed by atoms with Crippen molar-refractivity contribution in [3.63, 3.8) is 0 Å². The molecule has 7 nitrogen and oxygen atoms in total. The van der Waals surface area contributed by atoms with Crippen molar-refractivity contribution in [1.29, 1.82) is 0 Å². The monoisotopic (exact) mass is 380 g/mol. The number of nitrogens with one attached hydrogen (secondary N) is 1. The van der Waals surface area contributed by atoms with E-state index in [-0.39, 0.29) is 10.8 Å². The lowest BCUT2D eigenvalue weighted by atomic mass is 10.2. The number of aryl methyl sites for hydroxylation is 2. The molecular formula is C19H16N4O3S. The van der Waals surface area contributed by atoms with Crippen molar-refractivity contribution >= 4 is 39.9 Å². The van der Waals surface area contributed by atoms with Gasteiger partial charge in [0.1, 0.15) is 5.82 Å². The topological polar surface area (TPSA) is 86.0 Å². The van der Waals surface area contributed by atoms with E-state index in [1.807, 2.05) is 38.1 Å². The Morgan fingerprint density at radius 1 is 1.07 bits per heavy atom. The summed E-state index contributed by atoms with van der Waals surface area (Å²) in [4.78, 5) is 41.2. The maximum Gasteiger partial charge on any atom is 0.290 e. The van der Waals surface area contributed by atoms with Gasteiger partial charge in [0, 0.05) is 11.4 Å². The smallest absolute Gasteiger partial charge is 0.282 e. The molecule has 1 aliphatic heterocycles. The number of amides is 2. The molecule has 1 aromatic carbocycles. The molecule has 136 valence electrons. The summed E-state index contributed by atoms with van der Waals surface area (Å²) >= 11 is 0.868. The number of carbonyl (C=O) groups excluding carboxylic acids is 2. The first-order valence-electron chi connectivity index (χ1n) is 8.29. The van der Waals surface area contributed by atoms with Gasteiger partial charge in [-0.15, -0.1) is 0 Å². The van der Waals surface area contributed by atoms with Crippen LogP contribution in [-0.2, 0) is 4.79 Å². The molecular weight excluding hydrogens is 364 g/mol. The van der Waals surface area contributed by atoms with Crippen LogP contribution in [0.3, 0.4) is 0 Å².